The average molecular weight is 419 g/mol. The number of hydrogen-bond acceptors (Lipinski definition) is 5. The minimum atomic E-state index is -3.56. The molecule has 0 spiro atoms. The highest BCUT2D eigenvalue weighted by Crippen LogP contribution is 2.24. The van der Waals surface area contributed by atoms with Gasteiger partial charge in [-0.05, 0) is 67.8 Å². The van der Waals surface area contributed by atoms with Crippen molar-refractivity contribution < 1.29 is 22.7 Å². The topological polar surface area (TPSA) is 84.9 Å². The fourth-order valence-electron chi connectivity index (χ4n) is 3.27. The van der Waals surface area contributed by atoms with Crippen molar-refractivity contribution in [3.8, 4) is 5.75 Å². The molecule has 29 heavy (non-hydrogen) atoms. The van der Waals surface area contributed by atoms with Crippen LogP contribution in [0, 0.1) is 20.8 Å². The Morgan fingerprint density at radius 3 is 2.34 bits per heavy atom. The predicted molar refractivity (Wildman–Crippen MR) is 111 cm³/mol. The first kappa shape index (κ1) is 21.3. The first-order valence-corrected chi connectivity index (χ1v) is 10.9. The van der Waals surface area contributed by atoms with E-state index in [2.05, 4.69) is 5.32 Å². The van der Waals surface area contributed by atoms with Gasteiger partial charge in [-0.1, -0.05) is 6.07 Å². The quantitative estimate of drug-likeness (QED) is 0.780. The lowest BCUT2D eigenvalue weighted by Crippen LogP contribution is -2.40. The summed E-state index contributed by atoms with van der Waals surface area (Å²) in [6.07, 6.45) is 0. The fourth-order valence-corrected chi connectivity index (χ4v) is 4.76. The number of morpholine rings is 1. The van der Waals surface area contributed by atoms with Gasteiger partial charge in [0.25, 0.3) is 5.91 Å². The van der Waals surface area contributed by atoms with Crippen LogP contribution in [0.5, 0.6) is 5.75 Å². The SMILES string of the molecule is Cc1cc(C)cc(NC(=O)COc2ccc(S(=O)(=O)N3CCOCC3)cc2C)c1. The Hall–Kier alpha value is -2.42. The van der Waals surface area contributed by atoms with Crippen LogP contribution < -0.4 is 10.1 Å². The molecule has 0 saturated carbocycles. The van der Waals surface area contributed by atoms with Gasteiger partial charge in [-0.2, -0.15) is 4.31 Å². The van der Waals surface area contributed by atoms with Crippen LogP contribution in [0.3, 0.4) is 0 Å². The van der Waals surface area contributed by atoms with Gasteiger partial charge in [-0.3, -0.25) is 4.79 Å². The van der Waals surface area contributed by atoms with Crippen molar-refractivity contribution in [2.75, 3.05) is 38.2 Å². The van der Waals surface area contributed by atoms with E-state index in [1.807, 2.05) is 32.0 Å². The van der Waals surface area contributed by atoms with Crippen LogP contribution in [0.15, 0.2) is 41.3 Å². The fraction of sp³-hybridized carbons (Fsp3) is 0.381. The van der Waals surface area contributed by atoms with Crippen molar-refractivity contribution in [1.82, 2.24) is 4.31 Å². The molecule has 1 aliphatic heterocycles. The van der Waals surface area contributed by atoms with Gasteiger partial charge in [-0.25, -0.2) is 8.42 Å². The Morgan fingerprint density at radius 2 is 1.72 bits per heavy atom. The van der Waals surface area contributed by atoms with Crippen LogP contribution >= 0.6 is 0 Å². The minimum Gasteiger partial charge on any atom is -0.483 e. The number of benzene rings is 2. The zero-order valence-electron chi connectivity index (χ0n) is 16.9. The Labute approximate surface area is 171 Å². The zero-order chi connectivity index (χ0) is 21.0. The Morgan fingerprint density at radius 1 is 1.07 bits per heavy atom. The molecular weight excluding hydrogens is 392 g/mol. The van der Waals surface area contributed by atoms with E-state index >= 15 is 0 Å². The normalized spacial score (nSPS) is 15.1. The summed E-state index contributed by atoms with van der Waals surface area (Å²) in [5.41, 5.74) is 3.50. The van der Waals surface area contributed by atoms with Gasteiger partial charge in [0.1, 0.15) is 5.75 Å². The molecule has 1 N–H and O–H groups in total. The van der Waals surface area contributed by atoms with Crippen molar-refractivity contribution in [3.05, 3.63) is 53.1 Å². The molecule has 156 valence electrons. The second-order valence-corrected chi connectivity index (χ2v) is 9.09. The maximum atomic E-state index is 12.7. The van der Waals surface area contributed by atoms with Gasteiger partial charge in [0.15, 0.2) is 6.61 Å². The number of anilines is 1. The van der Waals surface area contributed by atoms with Gasteiger partial charge in [-0.15, -0.1) is 0 Å². The number of sulfonamides is 1. The van der Waals surface area contributed by atoms with Gasteiger partial charge in [0, 0.05) is 18.8 Å². The highest BCUT2D eigenvalue weighted by Gasteiger charge is 2.26. The van der Waals surface area contributed by atoms with Gasteiger partial charge < -0.3 is 14.8 Å². The summed E-state index contributed by atoms with van der Waals surface area (Å²) < 4.78 is 37.7. The van der Waals surface area contributed by atoms with Gasteiger partial charge in [0.05, 0.1) is 18.1 Å². The third-order valence-electron chi connectivity index (χ3n) is 4.62. The lowest BCUT2D eigenvalue weighted by atomic mass is 10.1. The van der Waals surface area contributed by atoms with Crippen molar-refractivity contribution in [1.29, 1.82) is 0 Å². The maximum Gasteiger partial charge on any atom is 0.262 e. The van der Waals surface area contributed by atoms with Crippen LogP contribution in [0.4, 0.5) is 5.69 Å². The Bertz CT molecular complexity index is 978. The lowest BCUT2D eigenvalue weighted by molar-refractivity contribution is -0.118. The van der Waals surface area contributed by atoms with Crippen LogP contribution in [0.1, 0.15) is 16.7 Å². The van der Waals surface area contributed by atoms with E-state index in [1.165, 1.54) is 10.4 Å². The van der Waals surface area contributed by atoms with E-state index in [4.69, 9.17) is 9.47 Å². The van der Waals surface area contributed by atoms with E-state index in [0.29, 0.717) is 37.6 Å². The number of carbonyl (C=O) groups excluding carboxylic acids is 1. The molecule has 2 aromatic rings. The number of rotatable bonds is 6. The predicted octanol–water partition coefficient (Wildman–Crippen LogP) is 2.65. The molecule has 8 heteroatoms. The number of amides is 1. The second-order valence-electron chi connectivity index (χ2n) is 7.16. The van der Waals surface area contributed by atoms with Crippen LogP contribution in [-0.4, -0.2) is 51.5 Å². The molecule has 7 nitrogen and oxygen atoms in total. The van der Waals surface area contributed by atoms with Gasteiger partial charge in [0.2, 0.25) is 10.0 Å². The molecule has 0 unspecified atom stereocenters. The largest absolute Gasteiger partial charge is 0.483 e. The standard InChI is InChI=1S/C21H26N2O5S/c1-15-10-16(2)12-18(11-15)22-21(24)14-28-20-5-4-19(13-17(20)3)29(25,26)23-6-8-27-9-7-23/h4-5,10-13H,6-9,14H2,1-3H3,(H,22,24). The van der Waals surface area contributed by atoms with Crippen molar-refractivity contribution in [2.45, 2.75) is 25.7 Å². The number of carbonyl (C=O) groups is 1. The third-order valence-corrected chi connectivity index (χ3v) is 6.51. The number of ether oxygens (including phenoxy) is 2. The monoisotopic (exact) mass is 418 g/mol. The molecule has 0 atom stereocenters. The zero-order valence-corrected chi connectivity index (χ0v) is 17.7. The van der Waals surface area contributed by atoms with Crippen molar-refractivity contribution in [3.63, 3.8) is 0 Å². The molecule has 1 fully saturated rings. The smallest absolute Gasteiger partial charge is 0.262 e. The Kier molecular flexibility index (Phi) is 6.56. The average Bonchev–Trinajstić information content (AvgIpc) is 2.67. The van der Waals surface area contributed by atoms with E-state index in [9.17, 15) is 13.2 Å². The van der Waals surface area contributed by atoms with E-state index in [0.717, 1.165) is 16.8 Å². The summed E-state index contributed by atoms with van der Waals surface area (Å²) >= 11 is 0. The molecule has 0 bridgehead atoms. The third kappa shape index (κ3) is 5.35. The minimum absolute atomic E-state index is 0.163. The summed E-state index contributed by atoms with van der Waals surface area (Å²) in [6, 6.07) is 10.5. The van der Waals surface area contributed by atoms with Crippen LogP contribution in [0.25, 0.3) is 0 Å². The lowest BCUT2D eigenvalue weighted by Gasteiger charge is -2.26. The number of aryl methyl sites for hydroxylation is 3. The molecule has 1 heterocycles. The summed E-state index contributed by atoms with van der Waals surface area (Å²) in [6.45, 7) is 7.02. The molecule has 3 rings (SSSR count). The highest BCUT2D eigenvalue weighted by atomic mass is 32.2. The van der Waals surface area contributed by atoms with E-state index in [-0.39, 0.29) is 17.4 Å². The summed E-state index contributed by atoms with van der Waals surface area (Å²) in [4.78, 5) is 12.4. The Balaban J connectivity index is 1.64. The first-order chi connectivity index (χ1) is 13.8. The van der Waals surface area contributed by atoms with Crippen molar-refractivity contribution in [2.24, 2.45) is 0 Å². The second kappa shape index (κ2) is 8.94. The molecule has 1 amide bonds. The number of hydrogen-bond donors (Lipinski definition) is 1. The molecule has 1 aliphatic rings. The van der Waals surface area contributed by atoms with E-state index < -0.39 is 10.0 Å². The maximum absolute atomic E-state index is 12.7. The molecule has 0 radical (unpaired) electrons. The highest BCUT2D eigenvalue weighted by molar-refractivity contribution is 7.89. The summed E-state index contributed by atoms with van der Waals surface area (Å²) in [7, 11) is -3.56. The first-order valence-electron chi connectivity index (χ1n) is 9.45. The number of nitrogens with one attached hydrogen (secondary N) is 1. The summed E-state index contributed by atoms with van der Waals surface area (Å²) in [5, 5.41) is 2.81. The molecular formula is C21H26N2O5S. The van der Waals surface area contributed by atoms with E-state index in [1.54, 1.807) is 19.1 Å². The molecule has 2 aromatic carbocycles. The summed E-state index contributed by atoms with van der Waals surface area (Å²) in [5.74, 6) is 0.195. The molecule has 1 saturated heterocycles. The molecule has 0 aliphatic carbocycles. The number of nitrogens with zero attached hydrogens (tertiary/aromatic N) is 1. The van der Waals surface area contributed by atoms with Gasteiger partial charge >= 0.3 is 0 Å². The van der Waals surface area contributed by atoms with Crippen LogP contribution in [0.2, 0.25) is 0 Å². The van der Waals surface area contributed by atoms with Crippen LogP contribution in [-0.2, 0) is 19.6 Å². The van der Waals surface area contributed by atoms with Crippen molar-refractivity contribution >= 4 is 21.6 Å². The molecule has 0 aromatic heterocycles.